The van der Waals surface area contributed by atoms with Crippen LogP contribution in [0, 0.1) is 5.82 Å². The van der Waals surface area contributed by atoms with E-state index in [2.05, 4.69) is 5.32 Å². The molecule has 0 aliphatic heterocycles. The monoisotopic (exact) mass is 569 g/mol. The molecule has 10 heteroatoms. The Morgan fingerprint density at radius 2 is 1.60 bits per heavy atom. The van der Waals surface area contributed by atoms with Gasteiger partial charge in [0, 0.05) is 13.1 Å². The summed E-state index contributed by atoms with van der Waals surface area (Å²) < 4.78 is 48.4. The van der Waals surface area contributed by atoms with E-state index in [1.807, 2.05) is 6.92 Å². The first-order chi connectivity index (χ1) is 19.2. The van der Waals surface area contributed by atoms with Gasteiger partial charge in [0.15, 0.2) is 0 Å². The molecule has 0 bridgehead atoms. The molecule has 40 heavy (non-hydrogen) atoms. The van der Waals surface area contributed by atoms with Gasteiger partial charge in [0.25, 0.3) is 10.0 Å². The van der Waals surface area contributed by atoms with E-state index < -0.39 is 34.3 Å². The maximum Gasteiger partial charge on any atom is 0.264 e. The highest BCUT2D eigenvalue weighted by atomic mass is 32.2. The first-order valence-electron chi connectivity index (χ1n) is 13.2. The number of halogens is 1. The third-order valence-corrected chi connectivity index (χ3v) is 8.23. The number of anilines is 1. The Labute approximate surface area is 235 Å². The fourth-order valence-corrected chi connectivity index (χ4v) is 5.68. The van der Waals surface area contributed by atoms with Crippen LogP contribution in [0.4, 0.5) is 10.1 Å². The minimum atomic E-state index is -4.33. The molecule has 1 N–H and O–H groups in total. The Kier molecular flexibility index (Phi) is 11.1. The number of rotatable bonds is 14. The molecule has 0 saturated heterocycles. The van der Waals surface area contributed by atoms with Gasteiger partial charge >= 0.3 is 0 Å². The second kappa shape index (κ2) is 14.5. The molecule has 0 aromatic heterocycles. The fraction of sp³-hybridized carbons (Fsp3) is 0.333. The van der Waals surface area contributed by atoms with E-state index in [1.165, 1.54) is 35.2 Å². The highest BCUT2D eigenvalue weighted by Crippen LogP contribution is 2.27. The summed E-state index contributed by atoms with van der Waals surface area (Å²) in [5.74, 6) is -1.14. The number of benzene rings is 3. The van der Waals surface area contributed by atoms with Crippen LogP contribution in [-0.2, 0) is 26.2 Å². The van der Waals surface area contributed by atoms with E-state index in [0.717, 1.165) is 28.8 Å². The van der Waals surface area contributed by atoms with Crippen LogP contribution in [0.2, 0.25) is 0 Å². The number of carbonyl (C=O) groups is 2. The van der Waals surface area contributed by atoms with Gasteiger partial charge in [0.2, 0.25) is 11.8 Å². The molecule has 3 aromatic rings. The molecule has 2 amide bonds. The summed E-state index contributed by atoms with van der Waals surface area (Å²) in [4.78, 5) is 28.4. The highest BCUT2D eigenvalue weighted by Gasteiger charge is 2.34. The van der Waals surface area contributed by atoms with E-state index in [4.69, 9.17) is 4.74 Å². The van der Waals surface area contributed by atoms with Crippen molar-refractivity contribution in [3.63, 3.8) is 0 Å². The number of ether oxygens (including phenoxy) is 1. The topological polar surface area (TPSA) is 96.0 Å². The number of nitrogens with zero attached hydrogens (tertiary/aromatic N) is 2. The van der Waals surface area contributed by atoms with Gasteiger partial charge in [-0.25, -0.2) is 12.8 Å². The molecule has 8 nitrogen and oxygen atoms in total. The molecule has 214 valence electrons. The van der Waals surface area contributed by atoms with E-state index in [-0.39, 0.29) is 23.0 Å². The van der Waals surface area contributed by atoms with E-state index in [1.54, 1.807) is 56.5 Å². The number of carbonyl (C=O) groups excluding carboxylic acids is 2. The molecule has 0 aliphatic carbocycles. The minimum absolute atomic E-state index is 0.0407. The maximum atomic E-state index is 15.0. The molecule has 1 atom stereocenters. The molecule has 0 unspecified atom stereocenters. The van der Waals surface area contributed by atoms with Crippen LogP contribution in [0.5, 0.6) is 5.75 Å². The number of methoxy groups -OCH3 is 1. The molecule has 3 rings (SSSR count). The van der Waals surface area contributed by atoms with Crippen molar-refractivity contribution in [2.45, 2.75) is 50.6 Å². The van der Waals surface area contributed by atoms with Crippen LogP contribution >= 0.6 is 0 Å². The Hall–Kier alpha value is -3.92. The minimum Gasteiger partial charge on any atom is -0.497 e. The number of para-hydroxylation sites is 1. The van der Waals surface area contributed by atoms with E-state index >= 15 is 0 Å². The number of sulfonamides is 1. The Morgan fingerprint density at radius 1 is 0.950 bits per heavy atom. The van der Waals surface area contributed by atoms with Crippen LogP contribution in [0.3, 0.4) is 0 Å². The predicted molar refractivity (Wildman–Crippen MR) is 153 cm³/mol. The Balaban J connectivity index is 2.03. The zero-order valence-electron chi connectivity index (χ0n) is 23.0. The molecule has 0 fully saturated rings. The molecule has 0 saturated carbocycles. The third kappa shape index (κ3) is 7.59. The molecular weight excluding hydrogens is 533 g/mol. The fourth-order valence-electron chi connectivity index (χ4n) is 4.24. The molecule has 3 aromatic carbocycles. The molecule has 0 heterocycles. The van der Waals surface area contributed by atoms with Crippen LogP contribution in [-0.4, -0.2) is 51.4 Å². The van der Waals surface area contributed by atoms with Crippen LogP contribution < -0.4 is 14.4 Å². The molecular formula is C30H36FN3O5S. The second-order valence-electron chi connectivity index (χ2n) is 9.21. The summed E-state index contributed by atoms with van der Waals surface area (Å²) in [6.07, 6.45) is 1.97. The van der Waals surface area contributed by atoms with Crippen LogP contribution in [0.15, 0.2) is 83.8 Å². The van der Waals surface area contributed by atoms with Gasteiger partial charge in [-0.3, -0.25) is 13.9 Å². The van der Waals surface area contributed by atoms with Gasteiger partial charge in [0.05, 0.1) is 17.7 Å². The molecule has 0 radical (unpaired) electrons. The standard InChI is InChI=1S/C30H36FN3O5S/c1-4-6-20-32-30(36)27(5-2)33(21-23-16-18-24(39-3)19-17-23)29(35)22-34(28-15-11-10-14-26(28)31)40(37,38)25-12-8-7-9-13-25/h7-19,27H,4-6,20-22H2,1-3H3,(H,32,36)/t27-/m1/s1. The Bertz CT molecular complexity index is 1370. The van der Waals surface area contributed by atoms with Gasteiger partial charge in [-0.05, 0) is 54.8 Å². The quantitative estimate of drug-likeness (QED) is 0.283. The first-order valence-corrected chi connectivity index (χ1v) is 14.7. The first kappa shape index (κ1) is 30.6. The second-order valence-corrected chi connectivity index (χ2v) is 11.1. The summed E-state index contributed by atoms with van der Waals surface area (Å²) in [5.41, 5.74) is 0.460. The summed E-state index contributed by atoms with van der Waals surface area (Å²) in [7, 11) is -2.78. The van der Waals surface area contributed by atoms with Gasteiger partial charge < -0.3 is 15.0 Å². The van der Waals surface area contributed by atoms with Gasteiger partial charge in [0.1, 0.15) is 24.2 Å². The van der Waals surface area contributed by atoms with E-state index in [9.17, 15) is 22.4 Å². The lowest BCUT2D eigenvalue weighted by Crippen LogP contribution is -2.52. The van der Waals surface area contributed by atoms with Crippen molar-refractivity contribution in [3.8, 4) is 5.75 Å². The van der Waals surface area contributed by atoms with Crippen molar-refractivity contribution in [3.05, 3.63) is 90.2 Å². The van der Waals surface area contributed by atoms with Crippen molar-refractivity contribution >= 4 is 27.5 Å². The lowest BCUT2D eigenvalue weighted by molar-refractivity contribution is -0.140. The van der Waals surface area contributed by atoms with Crippen molar-refractivity contribution in [2.75, 3.05) is 24.5 Å². The molecule has 0 spiro atoms. The molecule has 0 aliphatic rings. The summed E-state index contributed by atoms with van der Waals surface area (Å²) >= 11 is 0. The van der Waals surface area contributed by atoms with Crippen molar-refractivity contribution < 1.29 is 27.1 Å². The SMILES string of the molecule is CCCCNC(=O)[C@@H](CC)N(Cc1ccc(OC)cc1)C(=O)CN(c1ccccc1F)S(=O)(=O)c1ccccc1. The smallest absolute Gasteiger partial charge is 0.264 e. The van der Waals surface area contributed by atoms with Crippen molar-refractivity contribution in [1.82, 2.24) is 10.2 Å². The predicted octanol–water partition coefficient (Wildman–Crippen LogP) is 4.75. The number of hydrogen-bond acceptors (Lipinski definition) is 5. The van der Waals surface area contributed by atoms with Crippen molar-refractivity contribution in [2.24, 2.45) is 0 Å². The zero-order valence-corrected chi connectivity index (χ0v) is 23.9. The van der Waals surface area contributed by atoms with Gasteiger partial charge in [-0.15, -0.1) is 0 Å². The van der Waals surface area contributed by atoms with Gasteiger partial charge in [-0.2, -0.15) is 0 Å². The van der Waals surface area contributed by atoms with Crippen molar-refractivity contribution in [1.29, 1.82) is 0 Å². The lowest BCUT2D eigenvalue weighted by Gasteiger charge is -2.33. The normalized spacial score (nSPS) is 11.9. The average molecular weight is 570 g/mol. The van der Waals surface area contributed by atoms with Gasteiger partial charge in [-0.1, -0.05) is 62.7 Å². The lowest BCUT2D eigenvalue weighted by atomic mass is 10.1. The van der Waals surface area contributed by atoms with Crippen LogP contribution in [0.1, 0.15) is 38.7 Å². The summed E-state index contributed by atoms with van der Waals surface area (Å²) in [6.45, 7) is 3.59. The number of hydrogen-bond donors (Lipinski definition) is 1. The Morgan fingerprint density at radius 3 is 2.20 bits per heavy atom. The van der Waals surface area contributed by atoms with E-state index in [0.29, 0.717) is 18.7 Å². The summed E-state index contributed by atoms with van der Waals surface area (Å²) in [6, 6.07) is 19.1. The number of unbranched alkanes of at least 4 members (excludes halogenated alkanes) is 1. The average Bonchev–Trinajstić information content (AvgIpc) is 2.97. The number of nitrogens with one attached hydrogen (secondary N) is 1. The highest BCUT2D eigenvalue weighted by molar-refractivity contribution is 7.92. The zero-order chi connectivity index (χ0) is 29.1. The maximum absolute atomic E-state index is 15.0. The summed E-state index contributed by atoms with van der Waals surface area (Å²) in [5, 5.41) is 2.88. The third-order valence-electron chi connectivity index (χ3n) is 6.46. The largest absolute Gasteiger partial charge is 0.497 e. The van der Waals surface area contributed by atoms with Crippen LogP contribution in [0.25, 0.3) is 0 Å². The number of amides is 2.